The van der Waals surface area contributed by atoms with E-state index in [1.165, 1.54) is 26.4 Å². The molecule has 0 radical (unpaired) electrons. The predicted octanol–water partition coefficient (Wildman–Crippen LogP) is -0.116. The van der Waals surface area contributed by atoms with Crippen LogP contribution in [0.25, 0.3) is 17.2 Å². The van der Waals surface area contributed by atoms with E-state index in [1.807, 2.05) is 0 Å². The number of aliphatic hydroxyl groups is 6. The fourth-order valence-corrected chi connectivity index (χ4v) is 4.85. The third-order valence-corrected chi connectivity index (χ3v) is 6.76. The fourth-order valence-electron chi connectivity index (χ4n) is 4.85. The van der Waals surface area contributed by atoms with Gasteiger partial charge in [0.15, 0.2) is 11.5 Å². The molecule has 7 atom stereocenters. The lowest BCUT2D eigenvalue weighted by Gasteiger charge is -2.40. The number of hydrogen-bond donors (Lipinski definition) is 6. The van der Waals surface area contributed by atoms with Gasteiger partial charge in [-0.2, -0.15) is 0 Å². The van der Waals surface area contributed by atoms with E-state index in [1.54, 1.807) is 24.3 Å². The monoisotopic (exact) mass is 518 g/mol. The first-order chi connectivity index (χ1) is 17.8. The van der Waals surface area contributed by atoms with Crippen LogP contribution in [0.4, 0.5) is 0 Å². The molecule has 0 spiro atoms. The van der Waals surface area contributed by atoms with Crippen LogP contribution in [0.2, 0.25) is 0 Å². The molecule has 1 saturated heterocycles. The van der Waals surface area contributed by atoms with Gasteiger partial charge >= 0.3 is 0 Å². The van der Waals surface area contributed by atoms with Gasteiger partial charge in [-0.25, -0.2) is 0 Å². The lowest BCUT2D eigenvalue weighted by atomic mass is 9.75. The molecular weight excluding hydrogens is 488 g/mol. The number of rotatable bonds is 8. The van der Waals surface area contributed by atoms with Gasteiger partial charge in [0.25, 0.3) is 0 Å². The molecule has 0 saturated carbocycles. The molecule has 1 aliphatic heterocycles. The Morgan fingerprint density at radius 2 is 1.68 bits per heavy atom. The van der Waals surface area contributed by atoms with Crippen LogP contribution in [-0.4, -0.2) is 95.1 Å². The SMILES string of the molecule is COc1ccc2c(c1)C(O)[C@H](CO)c1cc(/C=C/C=O)c(OC)c(O[C@@H]3OC(CO)[C@H](O)C(O)C3O)c1-2. The number of aldehydes is 1. The second-order valence-corrected chi connectivity index (χ2v) is 8.79. The number of methoxy groups -OCH3 is 2. The summed E-state index contributed by atoms with van der Waals surface area (Å²) in [6.45, 7) is -1.09. The number of carbonyl (C=O) groups excluding carboxylic acids is 1. The molecule has 37 heavy (non-hydrogen) atoms. The van der Waals surface area contributed by atoms with Crippen molar-refractivity contribution in [2.24, 2.45) is 0 Å². The Labute approximate surface area is 212 Å². The van der Waals surface area contributed by atoms with Crippen molar-refractivity contribution < 1.29 is 54.4 Å². The molecule has 11 nitrogen and oxygen atoms in total. The standard InChI is InChI=1S/C26H30O11/c1-34-13-5-6-14-16(9-13)20(30)17(10-28)15-8-12(4-3-7-27)24(35-2)25(19(14)15)37-26-23(33)22(32)21(31)18(11-29)36-26/h3-9,17-18,20-23,26,28-33H,10-11H2,1-2H3/b4-3+/t17-,18?,20?,21+,22?,23?,26+/m1/s1. The van der Waals surface area contributed by atoms with Gasteiger partial charge in [-0.1, -0.05) is 6.07 Å². The first-order valence-corrected chi connectivity index (χ1v) is 11.6. The Morgan fingerprint density at radius 3 is 2.30 bits per heavy atom. The third kappa shape index (κ3) is 4.71. The molecule has 4 unspecified atom stereocenters. The molecule has 200 valence electrons. The smallest absolute Gasteiger partial charge is 0.229 e. The van der Waals surface area contributed by atoms with Crippen LogP contribution < -0.4 is 14.2 Å². The van der Waals surface area contributed by atoms with Gasteiger partial charge in [0.1, 0.15) is 36.5 Å². The molecule has 0 aromatic heterocycles. The molecule has 1 aliphatic carbocycles. The maximum absolute atomic E-state index is 11.2. The molecule has 2 aromatic rings. The lowest BCUT2D eigenvalue weighted by molar-refractivity contribution is -0.277. The quantitative estimate of drug-likeness (QED) is 0.203. The zero-order valence-electron chi connectivity index (χ0n) is 20.2. The molecule has 1 heterocycles. The van der Waals surface area contributed by atoms with Gasteiger partial charge in [-0.05, 0) is 47.0 Å². The molecule has 2 aromatic carbocycles. The van der Waals surface area contributed by atoms with Gasteiger partial charge in [0, 0.05) is 17.0 Å². The Bertz CT molecular complexity index is 1160. The second kappa shape index (κ2) is 11.2. The summed E-state index contributed by atoms with van der Waals surface area (Å²) in [4.78, 5) is 11.1. The van der Waals surface area contributed by atoms with E-state index in [0.29, 0.717) is 39.9 Å². The van der Waals surface area contributed by atoms with Gasteiger partial charge in [-0.15, -0.1) is 0 Å². The normalized spacial score (nSPS) is 28.9. The first-order valence-electron chi connectivity index (χ1n) is 11.6. The average molecular weight is 519 g/mol. The van der Waals surface area contributed by atoms with Crippen molar-refractivity contribution in [2.75, 3.05) is 27.4 Å². The lowest BCUT2D eigenvalue weighted by Crippen LogP contribution is -2.60. The highest BCUT2D eigenvalue weighted by Gasteiger charge is 2.46. The van der Waals surface area contributed by atoms with Crippen LogP contribution in [-0.2, 0) is 9.53 Å². The maximum Gasteiger partial charge on any atom is 0.229 e. The number of hydrogen-bond acceptors (Lipinski definition) is 11. The molecular formula is C26H30O11. The zero-order chi connectivity index (χ0) is 26.9. The first kappa shape index (κ1) is 27.0. The van der Waals surface area contributed by atoms with Crippen molar-refractivity contribution in [3.63, 3.8) is 0 Å². The van der Waals surface area contributed by atoms with Crippen molar-refractivity contribution in [3.8, 4) is 28.4 Å². The van der Waals surface area contributed by atoms with E-state index < -0.39 is 55.9 Å². The Hall–Kier alpha value is -3.03. The van der Waals surface area contributed by atoms with E-state index in [0.717, 1.165) is 0 Å². The van der Waals surface area contributed by atoms with Crippen LogP contribution >= 0.6 is 0 Å². The third-order valence-electron chi connectivity index (χ3n) is 6.76. The van der Waals surface area contributed by atoms with Crippen molar-refractivity contribution >= 4 is 12.4 Å². The summed E-state index contributed by atoms with van der Waals surface area (Å²) in [6.07, 6.45) is -5.59. The summed E-state index contributed by atoms with van der Waals surface area (Å²) >= 11 is 0. The number of aliphatic hydroxyl groups excluding tert-OH is 6. The largest absolute Gasteiger partial charge is 0.497 e. The predicted molar refractivity (Wildman–Crippen MR) is 129 cm³/mol. The topological polar surface area (TPSA) is 175 Å². The molecule has 4 rings (SSSR count). The summed E-state index contributed by atoms with van der Waals surface area (Å²) in [7, 11) is 2.85. The van der Waals surface area contributed by atoms with E-state index in [2.05, 4.69) is 0 Å². The number of benzene rings is 2. The number of allylic oxidation sites excluding steroid dienone is 1. The van der Waals surface area contributed by atoms with Crippen LogP contribution in [0.15, 0.2) is 30.3 Å². The van der Waals surface area contributed by atoms with Crippen LogP contribution in [0.5, 0.6) is 17.2 Å². The molecule has 0 amide bonds. The fraction of sp³-hybridized carbons (Fsp3) is 0.423. The second-order valence-electron chi connectivity index (χ2n) is 8.79. The Balaban J connectivity index is 1.97. The molecule has 1 fully saturated rings. The summed E-state index contributed by atoms with van der Waals surface area (Å²) < 4.78 is 22.6. The Morgan fingerprint density at radius 1 is 0.919 bits per heavy atom. The van der Waals surface area contributed by atoms with Gasteiger partial charge < -0.3 is 49.6 Å². The van der Waals surface area contributed by atoms with Gasteiger partial charge in [0.05, 0.1) is 33.5 Å². The van der Waals surface area contributed by atoms with Gasteiger partial charge in [0.2, 0.25) is 6.29 Å². The van der Waals surface area contributed by atoms with E-state index >= 15 is 0 Å². The maximum atomic E-state index is 11.2. The number of ether oxygens (including phenoxy) is 4. The number of fused-ring (bicyclic) bond motifs is 3. The van der Waals surface area contributed by atoms with E-state index in [-0.39, 0.29) is 11.5 Å². The van der Waals surface area contributed by atoms with Crippen molar-refractivity contribution in [1.29, 1.82) is 0 Å². The summed E-state index contributed by atoms with van der Waals surface area (Å²) in [5.74, 6) is -0.150. The van der Waals surface area contributed by atoms with E-state index in [4.69, 9.17) is 18.9 Å². The van der Waals surface area contributed by atoms with Crippen molar-refractivity contribution in [3.05, 3.63) is 47.0 Å². The molecule has 2 aliphatic rings. The van der Waals surface area contributed by atoms with E-state index in [9.17, 15) is 35.4 Å². The minimum Gasteiger partial charge on any atom is -0.497 e. The zero-order valence-corrected chi connectivity index (χ0v) is 20.2. The summed E-state index contributed by atoms with van der Waals surface area (Å²) in [5, 5.41) is 62.1. The molecule has 11 heteroatoms. The van der Waals surface area contributed by atoms with Crippen molar-refractivity contribution in [2.45, 2.75) is 42.7 Å². The van der Waals surface area contributed by atoms with Crippen LogP contribution in [0, 0.1) is 0 Å². The summed E-state index contributed by atoms with van der Waals surface area (Å²) in [5.41, 5.74) is 2.23. The van der Waals surface area contributed by atoms with Crippen LogP contribution in [0.3, 0.4) is 0 Å². The van der Waals surface area contributed by atoms with Gasteiger partial charge in [-0.3, -0.25) is 4.79 Å². The number of carbonyl (C=O) groups is 1. The molecule has 6 N–H and O–H groups in total. The van der Waals surface area contributed by atoms with Crippen molar-refractivity contribution in [1.82, 2.24) is 0 Å². The highest BCUT2D eigenvalue weighted by atomic mass is 16.7. The summed E-state index contributed by atoms with van der Waals surface area (Å²) in [6, 6.07) is 6.67. The minimum atomic E-state index is -1.70. The Kier molecular flexibility index (Phi) is 8.14. The highest BCUT2D eigenvalue weighted by Crippen LogP contribution is 2.54. The minimum absolute atomic E-state index is 0.0339. The highest BCUT2D eigenvalue weighted by molar-refractivity contribution is 5.87. The molecule has 0 bridgehead atoms. The average Bonchev–Trinajstić information content (AvgIpc) is 2.91. The van der Waals surface area contributed by atoms with Crippen LogP contribution in [0.1, 0.15) is 28.7 Å².